The summed E-state index contributed by atoms with van der Waals surface area (Å²) in [5.74, 6) is 0.535. The second kappa shape index (κ2) is 10.4. The van der Waals surface area contributed by atoms with Crippen LogP contribution in [0, 0.1) is 5.92 Å². The average molecular weight is 424 g/mol. The molecule has 0 bridgehead atoms. The minimum Gasteiger partial charge on any atom is -0.147 e. The first kappa shape index (κ1) is 23.1. The van der Waals surface area contributed by atoms with Crippen LogP contribution in [0.25, 0.3) is 5.57 Å². The smallest absolute Gasteiger partial charge is 0.147 e. The molecule has 0 aliphatic heterocycles. The Kier molecular flexibility index (Phi) is 9.20. The van der Waals surface area contributed by atoms with Crippen LogP contribution in [-0.2, 0) is 24.1 Å². The molecule has 1 unspecified atom stereocenters. The van der Waals surface area contributed by atoms with Gasteiger partial charge in [0.05, 0.1) is 0 Å². The predicted octanol–water partition coefficient (Wildman–Crippen LogP) is 6.90. The molecule has 2 aromatic rings. The standard InChI is InChI=1S/C16H19.C6H6N.2ClH.Ti/c1-10-8-6-7-9-15(10)16-13(4)11(2)12(3)14(16)5;7-6-4-2-1-3-5-6;;;/h6-9,13H,1H2,2-5H3;1-5,7H;2*1H;/q;-1;;;+1. The molecule has 0 radical (unpaired) electrons. The zero-order valence-corrected chi connectivity index (χ0v) is 19.0. The second-order valence-corrected chi connectivity index (χ2v) is 8.06. The minimum atomic E-state index is -0.247. The molecule has 0 saturated carbocycles. The third kappa shape index (κ3) is 4.84. The van der Waals surface area contributed by atoms with Crippen LogP contribution >= 0.6 is 24.8 Å². The summed E-state index contributed by atoms with van der Waals surface area (Å²) in [6, 6.07) is 19.5. The molecule has 1 aliphatic carbocycles. The van der Waals surface area contributed by atoms with E-state index in [1.165, 1.54) is 39.1 Å². The molecule has 1 atom stereocenters. The predicted molar refractivity (Wildman–Crippen MR) is 115 cm³/mol. The number of rotatable bonds is 5. The van der Waals surface area contributed by atoms with Gasteiger partial charge in [-0.05, 0) is 0 Å². The van der Waals surface area contributed by atoms with Crippen LogP contribution in [-0.4, -0.2) is 0 Å². The van der Waals surface area contributed by atoms with Crippen LogP contribution in [0.5, 0.6) is 0 Å². The van der Waals surface area contributed by atoms with E-state index in [-0.39, 0.29) is 44.2 Å². The van der Waals surface area contributed by atoms with E-state index < -0.39 is 0 Å². The molecule has 138 valence electrons. The van der Waals surface area contributed by atoms with Crippen molar-refractivity contribution in [2.24, 2.45) is 5.92 Å². The van der Waals surface area contributed by atoms with Gasteiger partial charge >= 0.3 is 155 Å². The van der Waals surface area contributed by atoms with E-state index in [9.17, 15) is 0 Å². The Morgan fingerprint density at radius 2 is 1.46 bits per heavy atom. The van der Waals surface area contributed by atoms with Gasteiger partial charge in [0, 0.05) is 0 Å². The van der Waals surface area contributed by atoms with Gasteiger partial charge < -0.3 is 0 Å². The molecule has 0 spiro atoms. The maximum absolute atomic E-state index is 3.65. The van der Waals surface area contributed by atoms with Gasteiger partial charge in [-0.1, -0.05) is 0 Å². The SMILES string of the molecule is CC1=C(C)C(C)C(c2ccccc2[CH2][Ti][NH]c2ccccc2)=C1C.Cl.Cl. The van der Waals surface area contributed by atoms with E-state index in [1.807, 2.05) is 0 Å². The van der Waals surface area contributed by atoms with Gasteiger partial charge in [-0.2, -0.15) is 0 Å². The van der Waals surface area contributed by atoms with Crippen molar-refractivity contribution in [3.05, 3.63) is 82.4 Å². The molecule has 0 aromatic heterocycles. The third-order valence-electron chi connectivity index (χ3n) is 5.23. The number of nitrogens with one attached hydrogen (secondary N) is 1. The summed E-state index contributed by atoms with van der Waals surface area (Å²) in [6.07, 6.45) is 0. The topological polar surface area (TPSA) is 12.0 Å². The van der Waals surface area contributed by atoms with Crippen molar-refractivity contribution in [2.45, 2.75) is 32.4 Å². The number of allylic oxidation sites excluding steroid dienone is 4. The summed E-state index contributed by atoms with van der Waals surface area (Å²) >= 11 is -0.247. The molecule has 3 rings (SSSR count). The molecular weight excluding hydrogens is 397 g/mol. The van der Waals surface area contributed by atoms with E-state index in [2.05, 4.69) is 86.1 Å². The van der Waals surface area contributed by atoms with Crippen LogP contribution < -0.4 is 3.80 Å². The van der Waals surface area contributed by atoms with Gasteiger partial charge in [-0.25, -0.2) is 0 Å². The van der Waals surface area contributed by atoms with E-state index in [0.717, 1.165) is 4.73 Å². The maximum Gasteiger partial charge on any atom is -0.147 e. The van der Waals surface area contributed by atoms with E-state index >= 15 is 0 Å². The van der Waals surface area contributed by atoms with Crippen molar-refractivity contribution in [1.29, 1.82) is 0 Å². The molecule has 26 heavy (non-hydrogen) atoms. The Morgan fingerprint density at radius 3 is 2.08 bits per heavy atom. The first-order chi connectivity index (χ1) is 11.6. The Hall–Kier alpha value is -0.986. The third-order valence-corrected chi connectivity index (χ3v) is 6.83. The second-order valence-electron chi connectivity index (χ2n) is 6.57. The number of para-hydroxylation sites is 1. The zero-order chi connectivity index (χ0) is 17.1. The van der Waals surface area contributed by atoms with Crippen molar-refractivity contribution >= 4 is 36.1 Å². The minimum absolute atomic E-state index is 0. The summed E-state index contributed by atoms with van der Waals surface area (Å²) in [5, 5.41) is 0. The molecule has 2 aromatic carbocycles. The number of hydrogen-bond acceptors (Lipinski definition) is 1. The maximum atomic E-state index is 3.65. The largest absolute Gasteiger partial charge is 0.147 e. The first-order valence-corrected chi connectivity index (χ1v) is 10.5. The molecular formula is C22H27Cl2NTi. The van der Waals surface area contributed by atoms with Gasteiger partial charge in [0.2, 0.25) is 0 Å². The number of anilines is 1. The van der Waals surface area contributed by atoms with Gasteiger partial charge in [0.1, 0.15) is 0 Å². The van der Waals surface area contributed by atoms with Gasteiger partial charge in [0.25, 0.3) is 0 Å². The summed E-state index contributed by atoms with van der Waals surface area (Å²) < 4.78 is 4.81. The van der Waals surface area contributed by atoms with Crippen molar-refractivity contribution < 1.29 is 19.4 Å². The van der Waals surface area contributed by atoms with Crippen molar-refractivity contribution in [1.82, 2.24) is 0 Å². The summed E-state index contributed by atoms with van der Waals surface area (Å²) in [5.41, 5.74) is 10.2. The van der Waals surface area contributed by atoms with Gasteiger partial charge in [-0.15, -0.1) is 24.8 Å². The average Bonchev–Trinajstić information content (AvgIpc) is 2.80. The normalized spacial score (nSPS) is 16.1. The molecule has 0 fully saturated rings. The van der Waals surface area contributed by atoms with Crippen LogP contribution in [0.1, 0.15) is 38.8 Å². The Labute approximate surface area is 179 Å². The van der Waals surface area contributed by atoms with Gasteiger partial charge in [-0.3, -0.25) is 0 Å². The van der Waals surface area contributed by atoms with Crippen molar-refractivity contribution in [3.8, 4) is 0 Å². The van der Waals surface area contributed by atoms with Gasteiger partial charge in [0.15, 0.2) is 0 Å². The number of hydrogen-bond donors (Lipinski definition) is 1. The van der Waals surface area contributed by atoms with E-state index in [4.69, 9.17) is 0 Å². The molecule has 1 aliphatic rings. The Balaban J connectivity index is 0.00000169. The number of halogens is 2. The zero-order valence-electron chi connectivity index (χ0n) is 15.8. The molecule has 1 nitrogen and oxygen atoms in total. The molecule has 0 amide bonds. The molecule has 1 N–H and O–H groups in total. The van der Waals surface area contributed by atoms with E-state index in [1.54, 1.807) is 0 Å². The summed E-state index contributed by atoms with van der Waals surface area (Å²) in [4.78, 5) is 0. The van der Waals surface area contributed by atoms with Crippen molar-refractivity contribution in [2.75, 3.05) is 3.80 Å². The number of benzene rings is 2. The van der Waals surface area contributed by atoms with Crippen LogP contribution in [0.3, 0.4) is 0 Å². The Morgan fingerprint density at radius 1 is 0.846 bits per heavy atom. The molecule has 0 heterocycles. The van der Waals surface area contributed by atoms with Crippen molar-refractivity contribution in [3.63, 3.8) is 0 Å². The first-order valence-electron chi connectivity index (χ1n) is 8.60. The summed E-state index contributed by atoms with van der Waals surface area (Å²) in [7, 11) is 0. The Bertz CT molecular complexity index is 797. The monoisotopic (exact) mass is 423 g/mol. The summed E-state index contributed by atoms with van der Waals surface area (Å²) in [6.45, 7) is 9.18. The fourth-order valence-corrected chi connectivity index (χ4v) is 5.00. The van der Waals surface area contributed by atoms with Crippen LogP contribution in [0.2, 0.25) is 0 Å². The van der Waals surface area contributed by atoms with Crippen LogP contribution in [0.15, 0.2) is 71.3 Å². The molecule has 0 saturated heterocycles. The fourth-order valence-electron chi connectivity index (χ4n) is 3.50. The van der Waals surface area contributed by atoms with Crippen LogP contribution in [0.4, 0.5) is 5.69 Å². The van der Waals surface area contributed by atoms with E-state index in [0.29, 0.717) is 5.92 Å². The fraction of sp³-hybridized carbons (Fsp3) is 0.273. The quantitative estimate of drug-likeness (QED) is 0.515. The molecule has 4 heteroatoms.